The maximum Gasteiger partial charge on any atom is 0.126 e. The zero-order valence-electron chi connectivity index (χ0n) is 11.7. The molecule has 108 valence electrons. The van der Waals surface area contributed by atoms with E-state index in [2.05, 4.69) is 5.32 Å². The van der Waals surface area contributed by atoms with Gasteiger partial charge in [0.25, 0.3) is 0 Å². The maximum atomic E-state index is 13.7. The number of nitrogens with one attached hydrogen (secondary N) is 1. The maximum absolute atomic E-state index is 13.7. The number of hydrogen-bond acceptors (Lipinski definition) is 2. The van der Waals surface area contributed by atoms with Gasteiger partial charge in [0, 0.05) is 18.7 Å². The van der Waals surface area contributed by atoms with E-state index in [0.29, 0.717) is 24.1 Å². The Kier molecular flexibility index (Phi) is 3.27. The van der Waals surface area contributed by atoms with Crippen molar-refractivity contribution in [1.29, 1.82) is 0 Å². The first kappa shape index (κ1) is 12.8. The van der Waals surface area contributed by atoms with Gasteiger partial charge in [0.05, 0.1) is 6.10 Å². The van der Waals surface area contributed by atoms with E-state index < -0.39 is 0 Å². The van der Waals surface area contributed by atoms with Crippen LogP contribution in [0.4, 0.5) is 4.39 Å². The molecule has 2 saturated carbocycles. The summed E-state index contributed by atoms with van der Waals surface area (Å²) in [5.41, 5.74) is 0.895. The van der Waals surface area contributed by atoms with E-state index in [1.807, 2.05) is 12.1 Å². The van der Waals surface area contributed by atoms with Gasteiger partial charge in [-0.05, 0) is 55.6 Å². The molecule has 1 heterocycles. The summed E-state index contributed by atoms with van der Waals surface area (Å²) in [5.74, 6) is 1.16. The lowest BCUT2D eigenvalue weighted by Crippen LogP contribution is -2.49. The Balaban J connectivity index is 1.32. The fraction of sp³-hybridized carbons (Fsp3) is 0.647. The quantitative estimate of drug-likeness (QED) is 0.911. The van der Waals surface area contributed by atoms with Crippen molar-refractivity contribution in [1.82, 2.24) is 5.32 Å². The lowest BCUT2D eigenvalue weighted by molar-refractivity contribution is 0.0748. The van der Waals surface area contributed by atoms with Crippen LogP contribution in [-0.4, -0.2) is 24.8 Å². The van der Waals surface area contributed by atoms with E-state index in [1.54, 1.807) is 12.1 Å². The van der Waals surface area contributed by atoms with Gasteiger partial charge in [0.2, 0.25) is 0 Å². The molecule has 1 aromatic carbocycles. The van der Waals surface area contributed by atoms with Gasteiger partial charge in [-0.2, -0.15) is 0 Å². The fourth-order valence-electron chi connectivity index (χ4n) is 3.80. The number of halogens is 1. The SMILES string of the molecule is Fc1ccccc1C1CC(NC2CCOC2C2CC2)C1. The molecular formula is C17H22FNO. The molecule has 2 aliphatic carbocycles. The highest BCUT2D eigenvalue weighted by Gasteiger charge is 2.42. The summed E-state index contributed by atoms with van der Waals surface area (Å²) in [6.45, 7) is 0.905. The lowest BCUT2D eigenvalue weighted by Gasteiger charge is -2.39. The Labute approximate surface area is 119 Å². The first-order chi connectivity index (χ1) is 9.81. The largest absolute Gasteiger partial charge is 0.376 e. The highest BCUT2D eigenvalue weighted by molar-refractivity contribution is 5.24. The standard InChI is InChI=1S/C17H22FNO/c18-15-4-2-1-3-14(15)12-9-13(10-12)19-16-7-8-20-17(16)11-5-6-11/h1-4,11-13,16-17,19H,5-10H2. The number of ether oxygens (including phenoxy) is 1. The van der Waals surface area contributed by atoms with Crippen LogP contribution in [0.2, 0.25) is 0 Å². The highest BCUT2D eigenvalue weighted by atomic mass is 19.1. The van der Waals surface area contributed by atoms with Crippen LogP contribution in [0.3, 0.4) is 0 Å². The van der Waals surface area contributed by atoms with Crippen molar-refractivity contribution in [2.75, 3.05) is 6.61 Å². The van der Waals surface area contributed by atoms with Crippen LogP contribution in [0.25, 0.3) is 0 Å². The third-order valence-corrected chi connectivity index (χ3v) is 5.16. The molecule has 3 fully saturated rings. The van der Waals surface area contributed by atoms with E-state index in [-0.39, 0.29) is 5.82 Å². The van der Waals surface area contributed by atoms with Gasteiger partial charge in [-0.3, -0.25) is 0 Å². The average molecular weight is 275 g/mol. The predicted molar refractivity (Wildman–Crippen MR) is 76.2 cm³/mol. The summed E-state index contributed by atoms with van der Waals surface area (Å²) in [6, 6.07) is 8.30. The highest BCUT2D eigenvalue weighted by Crippen LogP contribution is 2.41. The molecule has 1 saturated heterocycles. The molecule has 0 bridgehead atoms. The van der Waals surface area contributed by atoms with Gasteiger partial charge in [-0.1, -0.05) is 18.2 Å². The smallest absolute Gasteiger partial charge is 0.126 e. The molecule has 2 atom stereocenters. The normalized spacial score (nSPS) is 36.9. The molecular weight excluding hydrogens is 253 g/mol. The Morgan fingerprint density at radius 2 is 1.90 bits per heavy atom. The van der Waals surface area contributed by atoms with Gasteiger partial charge in [0.15, 0.2) is 0 Å². The van der Waals surface area contributed by atoms with Crippen molar-refractivity contribution in [2.45, 2.75) is 56.2 Å². The molecule has 20 heavy (non-hydrogen) atoms. The molecule has 1 aliphatic heterocycles. The molecule has 1 N–H and O–H groups in total. The zero-order valence-corrected chi connectivity index (χ0v) is 11.7. The number of hydrogen-bond donors (Lipinski definition) is 1. The van der Waals surface area contributed by atoms with Crippen molar-refractivity contribution < 1.29 is 9.13 Å². The van der Waals surface area contributed by atoms with E-state index in [1.165, 1.54) is 12.8 Å². The van der Waals surface area contributed by atoms with Crippen LogP contribution < -0.4 is 5.32 Å². The van der Waals surface area contributed by atoms with Crippen LogP contribution in [0.5, 0.6) is 0 Å². The van der Waals surface area contributed by atoms with Crippen LogP contribution in [0.1, 0.15) is 43.6 Å². The fourth-order valence-corrected chi connectivity index (χ4v) is 3.80. The van der Waals surface area contributed by atoms with Gasteiger partial charge in [0.1, 0.15) is 5.82 Å². The van der Waals surface area contributed by atoms with Gasteiger partial charge in [-0.15, -0.1) is 0 Å². The summed E-state index contributed by atoms with van der Waals surface area (Å²) in [7, 11) is 0. The molecule has 4 rings (SSSR count). The summed E-state index contributed by atoms with van der Waals surface area (Å²) in [6.07, 6.45) is 6.39. The Hall–Kier alpha value is -0.930. The topological polar surface area (TPSA) is 21.3 Å². The van der Waals surface area contributed by atoms with Crippen molar-refractivity contribution in [2.24, 2.45) is 5.92 Å². The third-order valence-electron chi connectivity index (χ3n) is 5.16. The summed E-state index contributed by atoms with van der Waals surface area (Å²) in [5, 5.41) is 3.76. The first-order valence-corrected chi connectivity index (χ1v) is 7.93. The van der Waals surface area contributed by atoms with Gasteiger partial charge >= 0.3 is 0 Å². The van der Waals surface area contributed by atoms with Crippen molar-refractivity contribution >= 4 is 0 Å². The molecule has 0 aromatic heterocycles. The van der Waals surface area contributed by atoms with E-state index in [0.717, 1.165) is 37.4 Å². The summed E-state index contributed by atoms with van der Waals surface area (Å²) < 4.78 is 19.6. The van der Waals surface area contributed by atoms with Gasteiger partial charge < -0.3 is 10.1 Å². The van der Waals surface area contributed by atoms with E-state index in [4.69, 9.17) is 4.74 Å². The molecule has 0 amide bonds. The number of benzene rings is 1. The van der Waals surface area contributed by atoms with Crippen LogP contribution >= 0.6 is 0 Å². The van der Waals surface area contributed by atoms with Crippen LogP contribution in [0, 0.1) is 11.7 Å². The van der Waals surface area contributed by atoms with Crippen molar-refractivity contribution in [3.05, 3.63) is 35.6 Å². The Morgan fingerprint density at radius 1 is 1.10 bits per heavy atom. The predicted octanol–water partition coefficient (Wildman–Crippen LogP) is 3.23. The first-order valence-electron chi connectivity index (χ1n) is 7.93. The van der Waals surface area contributed by atoms with Crippen molar-refractivity contribution in [3.63, 3.8) is 0 Å². The summed E-state index contributed by atoms with van der Waals surface area (Å²) in [4.78, 5) is 0. The molecule has 2 unspecified atom stereocenters. The Bertz CT molecular complexity index is 482. The minimum atomic E-state index is -0.0454. The van der Waals surface area contributed by atoms with E-state index >= 15 is 0 Å². The molecule has 2 nitrogen and oxygen atoms in total. The average Bonchev–Trinajstić information content (AvgIpc) is 3.15. The minimum absolute atomic E-state index is 0.0454. The summed E-state index contributed by atoms with van der Waals surface area (Å²) >= 11 is 0. The third kappa shape index (κ3) is 2.38. The molecule has 3 heteroatoms. The zero-order chi connectivity index (χ0) is 13.5. The lowest BCUT2D eigenvalue weighted by atomic mass is 9.75. The monoisotopic (exact) mass is 275 g/mol. The molecule has 0 spiro atoms. The van der Waals surface area contributed by atoms with Crippen LogP contribution in [0.15, 0.2) is 24.3 Å². The number of rotatable bonds is 4. The molecule has 1 aromatic rings. The van der Waals surface area contributed by atoms with Crippen LogP contribution in [-0.2, 0) is 4.74 Å². The van der Waals surface area contributed by atoms with Gasteiger partial charge in [-0.25, -0.2) is 4.39 Å². The molecule has 3 aliphatic rings. The van der Waals surface area contributed by atoms with E-state index in [9.17, 15) is 4.39 Å². The van der Waals surface area contributed by atoms with Crippen molar-refractivity contribution in [3.8, 4) is 0 Å². The Morgan fingerprint density at radius 3 is 2.65 bits per heavy atom. The second kappa shape index (κ2) is 5.12. The second-order valence-corrected chi connectivity index (χ2v) is 6.62. The minimum Gasteiger partial charge on any atom is -0.376 e. The second-order valence-electron chi connectivity index (χ2n) is 6.62. The molecule has 0 radical (unpaired) electrons.